The van der Waals surface area contributed by atoms with Crippen LogP contribution in [-0.4, -0.2) is 43.7 Å². The Hall–Kier alpha value is -3.88. The van der Waals surface area contributed by atoms with E-state index >= 15 is 0 Å². The molecule has 33 heavy (non-hydrogen) atoms. The third kappa shape index (κ3) is 7.64. The molecule has 1 fully saturated rings. The average molecular weight is 453 g/mol. The molecular weight excluding hydrogens is 424 g/mol. The summed E-state index contributed by atoms with van der Waals surface area (Å²) in [6, 6.07) is 13.9. The lowest BCUT2D eigenvalue weighted by Crippen LogP contribution is -2.44. The molecule has 9 heteroatoms. The summed E-state index contributed by atoms with van der Waals surface area (Å²) in [7, 11) is 1.53. The van der Waals surface area contributed by atoms with Gasteiger partial charge in [-0.25, -0.2) is 5.43 Å². The van der Waals surface area contributed by atoms with Gasteiger partial charge in [-0.1, -0.05) is 31.4 Å². The van der Waals surface area contributed by atoms with Crippen molar-refractivity contribution in [1.29, 1.82) is 0 Å². The first kappa shape index (κ1) is 23.8. The van der Waals surface area contributed by atoms with Crippen molar-refractivity contribution in [3.05, 3.63) is 54.1 Å². The zero-order valence-corrected chi connectivity index (χ0v) is 18.5. The highest BCUT2D eigenvalue weighted by Gasteiger charge is 2.19. The van der Waals surface area contributed by atoms with Gasteiger partial charge < -0.3 is 20.1 Å². The molecular formula is C24H28N4O5. The van der Waals surface area contributed by atoms with Crippen LogP contribution in [0.2, 0.25) is 0 Å². The normalized spacial score (nSPS) is 13.8. The second-order valence-electron chi connectivity index (χ2n) is 7.61. The topological polar surface area (TPSA) is 118 Å². The number of nitrogens with zero attached hydrogens (tertiary/aromatic N) is 1. The second kappa shape index (κ2) is 12.2. The van der Waals surface area contributed by atoms with Crippen molar-refractivity contribution >= 4 is 29.6 Å². The molecule has 1 aliphatic rings. The Labute approximate surface area is 192 Å². The lowest BCUT2D eigenvalue weighted by atomic mass is 9.95. The van der Waals surface area contributed by atoms with Crippen LogP contribution in [0.5, 0.6) is 11.5 Å². The fourth-order valence-electron chi connectivity index (χ4n) is 3.45. The summed E-state index contributed by atoms with van der Waals surface area (Å²) in [6.07, 6.45) is 6.53. The van der Waals surface area contributed by atoms with Crippen LogP contribution in [0, 0.1) is 0 Å². The highest BCUT2D eigenvalue weighted by atomic mass is 16.5. The maximum atomic E-state index is 12.1. The Morgan fingerprint density at radius 1 is 1.00 bits per heavy atom. The van der Waals surface area contributed by atoms with Crippen LogP contribution in [-0.2, 0) is 14.4 Å². The van der Waals surface area contributed by atoms with E-state index in [1.807, 2.05) is 6.07 Å². The number of benzene rings is 2. The third-order valence-corrected chi connectivity index (χ3v) is 5.16. The van der Waals surface area contributed by atoms with Crippen molar-refractivity contribution in [2.75, 3.05) is 19.0 Å². The molecule has 0 unspecified atom stereocenters. The number of hydrogen-bond donors (Lipinski definition) is 3. The Morgan fingerprint density at radius 2 is 1.73 bits per heavy atom. The Balaban J connectivity index is 1.41. The van der Waals surface area contributed by atoms with E-state index in [-0.39, 0.29) is 18.6 Å². The summed E-state index contributed by atoms with van der Waals surface area (Å²) in [6.45, 7) is -0.169. The van der Waals surface area contributed by atoms with Gasteiger partial charge in [0.2, 0.25) is 0 Å². The quantitative estimate of drug-likeness (QED) is 0.323. The van der Waals surface area contributed by atoms with Gasteiger partial charge in [0.05, 0.1) is 19.0 Å². The van der Waals surface area contributed by atoms with Crippen LogP contribution in [0.1, 0.15) is 37.7 Å². The highest BCUT2D eigenvalue weighted by Crippen LogP contribution is 2.23. The molecule has 3 amide bonds. The smallest absolute Gasteiger partial charge is 0.329 e. The lowest BCUT2D eigenvalue weighted by Gasteiger charge is -2.22. The van der Waals surface area contributed by atoms with Crippen LogP contribution in [0.3, 0.4) is 0 Å². The molecule has 0 spiro atoms. The average Bonchev–Trinajstić information content (AvgIpc) is 2.84. The molecule has 0 aromatic heterocycles. The van der Waals surface area contributed by atoms with Gasteiger partial charge in [0.15, 0.2) is 6.61 Å². The summed E-state index contributed by atoms with van der Waals surface area (Å²) in [4.78, 5) is 35.9. The fraction of sp³-hybridized carbons (Fsp3) is 0.333. The molecule has 1 saturated carbocycles. The van der Waals surface area contributed by atoms with E-state index in [1.165, 1.54) is 19.7 Å². The van der Waals surface area contributed by atoms with E-state index in [4.69, 9.17) is 9.47 Å². The van der Waals surface area contributed by atoms with Crippen molar-refractivity contribution in [2.45, 2.75) is 38.1 Å². The van der Waals surface area contributed by atoms with E-state index in [9.17, 15) is 14.4 Å². The minimum absolute atomic E-state index is 0.0605. The maximum absolute atomic E-state index is 12.1. The number of rotatable bonds is 8. The largest absolute Gasteiger partial charge is 0.495 e. The monoisotopic (exact) mass is 452 g/mol. The molecule has 0 atom stereocenters. The molecule has 0 saturated heterocycles. The van der Waals surface area contributed by atoms with Crippen LogP contribution in [0.4, 0.5) is 5.69 Å². The van der Waals surface area contributed by atoms with Crippen molar-refractivity contribution < 1.29 is 23.9 Å². The second-order valence-corrected chi connectivity index (χ2v) is 7.61. The van der Waals surface area contributed by atoms with E-state index in [0.717, 1.165) is 25.7 Å². The number of para-hydroxylation sites is 2. The molecule has 3 N–H and O–H groups in total. The van der Waals surface area contributed by atoms with E-state index in [0.29, 0.717) is 22.7 Å². The maximum Gasteiger partial charge on any atom is 0.329 e. The standard InChI is InChI=1S/C24H28N4O5/c1-32-21-10-6-5-9-20(21)27-22(29)16-33-19-13-11-17(12-14-19)15-25-28-24(31)23(30)26-18-7-3-2-4-8-18/h5-6,9-15,18H,2-4,7-8,16H2,1H3,(H,26,30)(H,27,29)(H,28,31)/b25-15-. The first-order valence-corrected chi connectivity index (χ1v) is 10.8. The first-order valence-electron chi connectivity index (χ1n) is 10.8. The number of ether oxygens (including phenoxy) is 2. The molecule has 1 aliphatic carbocycles. The zero-order valence-electron chi connectivity index (χ0n) is 18.5. The zero-order chi connectivity index (χ0) is 23.5. The lowest BCUT2D eigenvalue weighted by molar-refractivity contribution is -0.139. The first-order chi connectivity index (χ1) is 16.0. The number of amides is 3. The van der Waals surface area contributed by atoms with Crippen molar-refractivity contribution in [2.24, 2.45) is 5.10 Å². The van der Waals surface area contributed by atoms with E-state index < -0.39 is 11.8 Å². The van der Waals surface area contributed by atoms with Gasteiger partial charge in [0, 0.05) is 6.04 Å². The summed E-state index contributed by atoms with van der Waals surface area (Å²) in [5, 5.41) is 9.29. The molecule has 2 aromatic rings. The van der Waals surface area contributed by atoms with Crippen LogP contribution in [0.15, 0.2) is 53.6 Å². The van der Waals surface area contributed by atoms with Gasteiger partial charge in [-0.3, -0.25) is 14.4 Å². The SMILES string of the molecule is COc1ccccc1NC(=O)COc1ccc(/C=N\NC(=O)C(=O)NC2CCCCC2)cc1. The molecule has 0 bridgehead atoms. The number of anilines is 1. The molecule has 174 valence electrons. The van der Waals surface area contributed by atoms with Crippen molar-refractivity contribution in [3.8, 4) is 11.5 Å². The van der Waals surface area contributed by atoms with Gasteiger partial charge in [-0.15, -0.1) is 0 Å². The van der Waals surface area contributed by atoms with E-state index in [2.05, 4.69) is 21.2 Å². The summed E-state index contributed by atoms with van der Waals surface area (Å²) >= 11 is 0. The Bertz CT molecular complexity index is 985. The minimum Gasteiger partial charge on any atom is -0.495 e. The summed E-state index contributed by atoms with van der Waals surface area (Å²) < 4.78 is 10.7. The van der Waals surface area contributed by atoms with Crippen molar-refractivity contribution in [3.63, 3.8) is 0 Å². The molecule has 9 nitrogen and oxygen atoms in total. The number of carbonyl (C=O) groups is 3. The van der Waals surface area contributed by atoms with E-state index in [1.54, 1.807) is 42.5 Å². The third-order valence-electron chi connectivity index (χ3n) is 5.16. The van der Waals surface area contributed by atoms with Gasteiger partial charge in [-0.2, -0.15) is 5.10 Å². The van der Waals surface area contributed by atoms with Crippen LogP contribution in [0.25, 0.3) is 0 Å². The van der Waals surface area contributed by atoms with Gasteiger partial charge in [-0.05, 0) is 54.8 Å². The minimum atomic E-state index is -0.794. The number of methoxy groups -OCH3 is 1. The molecule has 3 rings (SSSR count). The van der Waals surface area contributed by atoms with Gasteiger partial charge in [0.25, 0.3) is 5.91 Å². The van der Waals surface area contributed by atoms with Gasteiger partial charge >= 0.3 is 11.8 Å². The predicted octanol–water partition coefficient (Wildman–Crippen LogP) is 2.61. The number of nitrogens with one attached hydrogen (secondary N) is 3. The molecule has 0 radical (unpaired) electrons. The number of hydrazone groups is 1. The van der Waals surface area contributed by atoms with Crippen molar-refractivity contribution in [1.82, 2.24) is 10.7 Å². The summed E-state index contributed by atoms with van der Waals surface area (Å²) in [5.41, 5.74) is 3.48. The fourth-order valence-corrected chi connectivity index (χ4v) is 3.45. The summed E-state index contributed by atoms with van der Waals surface area (Å²) in [5.74, 6) is -0.724. The predicted molar refractivity (Wildman–Crippen MR) is 124 cm³/mol. The molecule has 0 aliphatic heterocycles. The number of hydrogen-bond acceptors (Lipinski definition) is 6. The molecule has 2 aromatic carbocycles. The van der Waals surface area contributed by atoms with Crippen LogP contribution >= 0.6 is 0 Å². The Kier molecular flexibility index (Phi) is 8.81. The van der Waals surface area contributed by atoms with Crippen LogP contribution < -0.4 is 25.5 Å². The van der Waals surface area contributed by atoms with Gasteiger partial charge in [0.1, 0.15) is 11.5 Å². The number of carbonyl (C=O) groups excluding carboxylic acids is 3. The highest BCUT2D eigenvalue weighted by molar-refractivity contribution is 6.35. The molecule has 0 heterocycles. The Morgan fingerprint density at radius 3 is 2.45 bits per heavy atom.